The number of rotatable bonds is 9. The van der Waals surface area contributed by atoms with E-state index in [-0.39, 0.29) is 18.0 Å². The average molecular weight is 394 g/mol. The first-order chi connectivity index (χ1) is 12.4. The highest BCUT2D eigenvalue weighted by molar-refractivity contribution is 7.16. The number of hydrogen-bond donors (Lipinski definition) is 1. The van der Waals surface area contributed by atoms with Crippen LogP contribution in [-0.4, -0.2) is 28.8 Å². The lowest BCUT2D eigenvalue weighted by Crippen LogP contribution is -2.27. The number of carbonyl (C=O) groups excluding carboxylic acids is 1. The Hall–Kier alpha value is -2.22. The van der Waals surface area contributed by atoms with Gasteiger partial charge in [0.05, 0.1) is 20.5 Å². The van der Waals surface area contributed by atoms with Crippen LogP contribution in [-0.2, 0) is 11.3 Å². The fourth-order valence-corrected chi connectivity index (χ4v) is 3.63. The van der Waals surface area contributed by atoms with E-state index in [1.807, 2.05) is 12.1 Å². The molecule has 0 aliphatic heterocycles. The fraction of sp³-hybridized carbons (Fsp3) is 0.278. The first kappa shape index (κ1) is 20.1. The van der Waals surface area contributed by atoms with Gasteiger partial charge in [0.15, 0.2) is 0 Å². The van der Waals surface area contributed by atoms with Gasteiger partial charge >= 0.3 is 0 Å². The molecule has 26 heavy (non-hydrogen) atoms. The van der Waals surface area contributed by atoms with E-state index < -0.39 is 4.92 Å². The minimum atomic E-state index is -0.455. The number of benzene rings is 1. The zero-order chi connectivity index (χ0) is 19.1. The number of halogens is 1. The number of nitro benzene ring substituents is 1. The molecule has 1 heterocycles. The van der Waals surface area contributed by atoms with E-state index >= 15 is 0 Å². The maximum Gasteiger partial charge on any atom is 0.274 e. The van der Waals surface area contributed by atoms with Crippen LogP contribution in [0.25, 0.3) is 0 Å². The molecule has 0 saturated heterocycles. The summed E-state index contributed by atoms with van der Waals surface area (Å²) in [7, 11) is 0. The molecule has 1 aromatic carbocycles. The molecule has 0 radical (unpaired) electrons. The number of hydrogen-bond acceptors (Lipinski definition) is 5. The largest absolute Gasteiger partial charge is 0.326 e. The summed E-state index contributed by atoms with van der Waals surface area (Å²) in [5.41, 5.74) is 0.900. The third-order valence-corrected chi connectivity index (χ3v) is 5.04. The van der Waals surface area contributed by atoms with Gasteiger partial charge in [0.2, 0.25) is 5.91 Å². The Kier molecular flexibility index (Phi) is 7.32. The van der Waals surface area contributed by atoms with Crippen LogP contribution < -0.4 is 5.32 Å². The Labute approximate surface area is 161 Å². The van der Waals surface area contributed by atoms with Crippen LogP contribution in [0, 0.1) is 17.0 Å². The van der Waals surface area contributed by atoms with Gasteiger partial charge in [-0.05, 0) is 25.1 Å². The van der Waals surface area contributed by atoms with Crippen molar-refractivity contribution in [3.05, 3.63) is 67.9 Å². The van der Waals surface area contributed by atoms with E-state index in [0.29, 0.717) is 30.9 Å². The topological polar surface area (TPSA) is 75.5 Å². The van der Waals surface area contributed by atoms with E-state index in [4.69, 9.17) is 11.6 Å². The summed E-state index contributed by atoms with van der Waals surface area (Å²) in [6.07, 6.45) is 2.06. The van der Waals surface area contributed by atoms with Gasteiger partial charge in [-0.25, -0.2) is 0 Å². The van der Waals surface area contributed by atoms with Gasteiger partial charge in [0.1, 0.15) is 0 Å². The normalized spacial score (nSPS) is 10.7. The highest BCUT2D eigenvalue weighted by atomic mass is 35.5. The average Bonchev–Trinajstić information content (AvgIpc) is 2.99. The predicted molar refractivity (Wildman–Crippen MR) is 106 cm³/mol. The Bertz CT molecular complexity index is 807. The van der Waals surface area contributed by atoms with E-state index in [2.05, 4.69) is 16.8 Å². The van der Waals surface area contributed by atoms with Crippen molar-refractivity contribution < 1.29 is 9.72 Å². The summed E-state index contributed by atoms with van der Waals surface area (Å²) < 4.78 is 0.734. The molecule has 0 fully saturated rings. The first-order valence-electron chi connectivity index (χ1n) is 8.02. The van der Waals surface area contributed by atoms with Gasteiger partial charge in [0.25, 0.3) is 5.69 Å². The van der Waals surface area contributed by atoms with Crippen molar-refractivity contribution in [3.63, 3.8) is 0 Å². The summed E-state index contributed by atoms with van der Waals surface area (Å²) in [5.74, 6) is -0.188. The molecule has 138 valence electrons. The molecule has 1 aromatic heterocycles. The molecular weight excluding hydrogens is 374 g/mol. The monoisotopic (exact) mass is 393 g/mol. The van der Waals surface area contributed by atoms with Crippen LogP contribution in [0.4, 0.5) is 11.4 Å². The molecular formula is C18H20ClN3O3S. The fourth-order valence-electron chi connectivity index (χ4n) is 2.50. The van der Waals surface area contributed by atoms with Crippen LogP contribution in [0.3, 0.4) is 0 Å². The molecule has 6 nitrogen and oxygen atoms in total. The van der Waals surface area contributed by atoms with Crippen molar-refractivity contribution in [3.8, 4) is 0 Å². The molecule has 0 bridgehead atoms. The Morgan fingerprint density at radius 3 is 2.81 bits per heavy atom. The summed E-state index contributed by atoms with van der Waals surface area (Å²) in [6, 6.07) is 8.46. The molecule has 0 spiro atoms. The lowest BCUT2D eigenvalue weighted by molar-refractivity contribution is -0.385. The summed E-state index contributed by atoms with van der Waals surface area (Å²) in [4.78, 5) is 26.0. The molecule has 0 saturated carbocycles. The summed E-state index contributed by atoms with van der Waals surface area (Å²) in [6.45, 7) is 7.26. The van der Waals surface area contributed by atoms with Crippen LogP contribution >= 0.6 is 22.9 Å². The molecule has 0 atom stereocenters. The lowest BCUT2D eigenvalue weighted by atomic mass is 10.1. The molecule has 1 N–H and O–H groups in total. The number of carbonyl (C=O) groups is 1. The van der Waals surface area contributed by atoms with Gasteiger partial charge < -0.3 is 5.32 Å². The molecule has 1 amide bonds. The predicted octanol–water partition coefficient (Wildman–Crippen LogP) is 4.63. The van der Waals surface area contributed by atoms with Crippen LogP contribution in [0.5, 0.6) is 0 Å². The SMILES string of the molecule is C=CCN(CCC(=O)Nc1cccc([N+](=O)[O-])c1C)Cc1ccc(Cl)s1. The van der Waals surface area contributed by atoms with Crippen molar-refractivity contribution in [1.82, 2.24) is 4.90 Å². The molecule has 2 aromatic rings. The highest BCUT2D eigenvalue weighted by Gasteiger charge is 2.15. The summed E-state index contributed by atoms with van der Waals surface area (Å²) in [5, 5.41) is 13.7. The second-order valence-electron chi connectivity index (χ2n) is 5.73. The smallest absolute Gasteiger partial charge is 0.274 e. The van der Waals surface area contributed by atoms with Gasteiger partial charge in [-0.15, -0.1) is 17.9 Å². The standard InChI is InChI=1S/C18H20ClN3O3S/c1-3-10-21(12-14-7-8-17(19)26-14)11-9-18(23)20-15-5-4-6-16(13(15)2)22(24)25/h3-8H,1,9-12H2,2H3,(H,20,23). The van der Waals surface area contributed by atoms with Crippen molar-refractivity contribution in [2.24, 2.45) is 0 Å². The van der Waals surface area contributed by atoms with Crippen molar-refractivity contribution in [1.29, 1.82) is 0 Å². The first-order valence-corrected chi connectivity index (χ1v) is 9.21. The molecule has 2 rings (SSSR count). The molecule has 0 aliphatic carbocycles. The van der Waals surface area contributed by atoms with E-state index in [9.17, 15) is 14.9 Å². The van der Waals surface area contributed by atoms with Gasteiger partial charge in [-0.2, -0.15) is 0 Å². The number of nitro groups is 1. The second-order valence-corrected chi connectivity index (χ2v) is 7.53. The van der Waals surface area contributed by atoms with Crippen molar-refractivity contribution >= 4 is 40.2 Å². The van der Waals surface area contributed by atoms with E-state index in [0.717, 1.165) is 9.21 Å². The summed E-state index contributed by atoms with van der Waals surface area (Å²) >= 11 is 7.47. The number of anilines is 1. The van der Waals surface area contributed by atoms with Gasteiger partial charge in [0, 0.05) is 37.0 Å². The van der Waals surface area contributed by atoms with Gasteiger partial charge in [-0.1, -0.05) is 23.7 Å². The van der Waals surface area contributed by atoms with Crippen LogP contribution in [0.1, 0.15) is 16.9 Å². The number of nitrogens with zero attached hydrogens (tertiary/aromatic N) is 2. The Morgan fingerprint density at radius 2 is 2.19 bits per heavy atom. The maximum absolute atomic E-state index is 12.3. The Balaban J connectivity index is 1.94. The zero-order valence-electron chi connectivity index (χ0n) is 14.4. The third kappa shape index (κ3) is 5.66. The minimum Gasteiger partial charge on any atom is -0.326 e. The quantitative estimate of drug-likeness (QED) is 0.382. The number of nitrogens with one attached hydrogen (secondary N) is 1. The van der Waals surface area contributed by atoms with E-state index in [1.165, 1.54) is 17.4 Å². The Morgan fingerprint density at radius 1 is 1.42 bits per heavy atom. The van der Waals surface area contributed by atoms with E-state index in [1.54, 1.807) is 25.1 Å². The van der Waals surface area contributed by atoms with Crippen molar-refractivity contribution in [2.75, 3.05) is 18.4 Å². The lowest BCUT2D eigenvalue weighted by Gasteiger charge is -2.19. The molecule has 0 unspecified atom stereocenters. The van der Waals surface area contributed by atoms with Gasteiger partial charge in [-0.3, -0.25) is 19.8 Å². The number of thiophene rings is 1. The zero-order valence-corrected chi connectivity index (χ0v) is 16.0. The second kappa shape index (κ2) is 9.47. The van der Waals surface area contributed by atoms with Crippen LogP contribution in [0.2, 0.25) is 4.34 Å². The third-order valence-electron chi connectivity index (χ3n) is 3.83. The molecule has 0 aliphatic rings. The maximum atomic E-state index is 12.3. The highest BCUT2D eigenvalue weighted by Crippen LogP contribution is 2.25. The molecule has 8 heteroatoms. The van der Waals surface area contributed by atoms with Crippen LogP contribution in [0.15, 0.2) is 43.0 Å². The van der Waals surface area contributed by atoms with Crippen molar-refractivity contribution in [2.45, 2.75) is 19.9 Å². The minimum absolute atomic E-state index is 0.00865. The number of amides is 1.